The Kier molecular flexibility index (Phi) is 4.49. The number of hydrogen-bond acceptors (Lipinski definition) is 3. The topological polar surface area (TPSA) is 36.0 Å². The lowest BCUT2D eigenvalue weighted by molar-refractivity contribution is 0.0721. The molecule has 4 rings (SSSR count). The quantitative estimate of drug-likeness (QED) is 0.703. The minimum atomic E-state index is -0.248. The van der Waals surface area contributed by atoms with E-state index in [1.165, 1.54) is 0 Å². The number of carbonyl (C=O) groups is 1. The van der Waals surface area contributed by atoms with Crippen molar-refractivity contribution in [1.29, 1.82) is 0 Å². The van der Waals surface area contributed by atoms with E-state index in [0.717, 1.165) is 23.5 Å². The third kappa shape index (κ3) is 3.14. The highest BCUT2D eigenvalue weighted by Crippen LogP contribution is 2.45. The first-order valence-electron chi connectivity index (χ1n) is 8.77. The summed E-state index contributed by atoms with van der Waals surface area (Å²) in [5.74, 6) is 0.780. The van der Waals surface area contributed by atoms with Gasteiger partial charge in [-0.15, -0.1) is 0 Å². The van der Waals surface area contributed by atoms with Crippen LogP contribution in [0.3, 0.4) is 0 Å². The van der Waals surface area contributed by atoms with Crippen LogP contribution in [0.4, 0.5) is 10.5 Å². The molecule has 0 spiro atoms. The molecule has 2 aliphatic rings. The van der Waals surface area contributed by atoms with Crippen molar-refractivity contribution < 1.29 is 9.53 Å². The van der Waals surface area contributed by atoms with Crippen LogP contribution in [0, 0.1) is 5.41 Å². The van der Waals surface area contributed by atoms with Gasteiger partial charge >= 0.3 is 6.03 Å². The molecule has 2 aromatic rings. The molecule has 0 saturated carbocycles. The van der Waals surface area contributed by atoms with Gasteiger partial charge in [-0.25, -0.2) is 4.79 Å². The van der Waals surface area contributed by atoms with Crippen LogP contribution in [-0.2, 0) is 0 Å². The molecule has 7 heteroatoms. The number of ether oxygens (including phenoxy) is 1. The average Bonchev–Trinajstić information content (AvgIpc) is 3.09. The smallest absolute Gasteiger partial charge is 0.340 e. The number of nitrogens with zero attached hydrogens (tertiary/aromatic N) is 3. The molecule has 0 aromatic heterocycles. The van der Waals surface area contributed by atoms with E-state index in [1.54, 1.807) is 24.1 Å². The van der Waals surface area contributed by atoms with Crippen LogP contribution in [0.5, 0.6) is 5.75 Å². The van der Waals surface area contributed by atoms with Crippen LogP contribution in [0.1, 0.15) is 25.6 Å². The molecule has 0 bridgehead atoms. The Morgan fingerprint density at radius 2 is 1.74 bits per heavy atom. The summed E-state index contributed by atoms with van der Waals surface area (Å²) in [6.07, 6.45) is -0.248. The number of amides is 2. The third-order valence-corrected chi connectivity index (χ3v) is 5.77. The van der Waals surface area contributed by atoms with Gasteiger partial charge in [0.15, 0.2) is 0 Å². The van der Waals surface area contributed by atoms with E-state index in [-0.39, 0.29) is 17.6 Å². The summed E-state index contributed by atoms with van der Waals surface area (Å²) in [5, 5.41) is 4.86. The molecule has 1 atom stereocenters. The Morgan fingerprint density at radius 3 is 2.37 bits per heavy atom. The third-order valence-electron chi connectivity index (χ3n) is 5.03. The maximum atomic E-state index is 13.3. The average molecular weight is 406 g/mol. The highest BCUT2D eigenvalue weighted by Gasteiger charge is 2.52. The number of urea groups is 1. The van der Waals surface area contributed by atoms with Crippen molar-refractivity contribution in [3.05, 3.63) is 58.1 Å². The summed E-state index contributed by atoms with van der Waals surface area (Å²) in [6.45, 7) is 5.81. The molecule has 1 unspecified atom stereocenters. The number of rotatable bonds is 3. The highest BCUT2D eigenvalue weighted by atomic mass is 35.5. The molecule has 142 valence electrons. The van der Waals surface area contributed by atoms with Crippen molar-refractivity contribution in [3.8, 4) is 5.75 Å². The molecule has 0 N–H and O–H groups in total. The first kappa shape index (κ1) is 18.4. The second-order valence-electron chi connectivity index (χ2n) is 7.72. The predicted molar refractivity (Wildman–Crippen MR) is 107 cm³/mol. The Balaban J connectivity index is 1.80. The fourth-order valence-electron chi connectivity index (χ4n) is 3.81. The van der Waals surface area contributed by atoms with Crippen LogP contribution in [0.2, 0.25) is 10.0 Å². The summed E-state index contributed by atoms with van der Waals surface area (Å²) in [4.78, 5) is 15.1. The second kappa shape index (κ2) is 6.59. The van der Waals surface area contributed by atoms with Gasteiger partial charge in [0.05, 0.1) is 17.2 Å². The van der Waals surface area contributed by atoms with Crippen molar-refractivity contribution in [2.75, 3.05) is 25.1 Å². The summed E-state index contributed by atoms with van der Waals surface area (Å²) >= 11 is 12.3. The molecule has 2 saturated heterocycles. The van der Waals surface area contributed by atoms with Gasteiger partial charge in [-0.05, 0) is 41.3 Å². The minimum absolute atomic E-state index is 0.0319. The summed E-state index contributed by atoms with van der Waals surface area (Å²) in [5.41, 5.74) is 1.77. The van der Waals surface area contributed by atoms with E-state index in [0.29, 0.717) is 16.6 Å². The van der Waals surface area contributed by atoms with Crippen LogP contribution < -0.4 is 9.64 Å². The number of halogens is 2. The van der Waals surface area contributed by atoms with Crippen molar-refractivity contribution in [3.63, 3.8) is 0 Å². The Hall–Kier alpha value is -1.95. The zero-order valence-electron chi connectivity index (χ0n) is 15.4. The maximum absolute atomic E-state index is 13.3. The largest absolute Gasteiger partial charge is 0.497 e. The van der Waals surface area contributed by atoms with E-state index in [1.807, 2.05) is 35.3 Å². The molecule has 27 heavy (non-hydrogen) atoms. The van der Waals surface area contributed by atoms with Gasteiger partial charge in [0.25, 0.3) is 0 Å². The lowest BCUT2D eigenvalue weighted by Crippen LogP contribution is -2.35. The molecular weight excluding hydrogens is 385 g/mol. The van der Waals surface area contributed by atoms with Crippen LogP contribution in [-0.4, -0.2) is 36.2 Å². The highest BCUT2D eigenvalue weighted by molar-refractivity contribution is 6.42. The van der Waals surface area contributed by atoms with Gasteiger partial charge in [0.2, 0.25) is 0 Å². The van der Waals surface area contributed by atoms with E-state index in [2.05, 4.69) is 18.9 Å². The van der Waals surface area contributed by atoms with Crippen molar-refractivity contribution in [2.45, 2.75) is 20.0 Å². The number of anilines is 1. The predicted octanol–water partition coefficient (Wildman–Crippen LogP) is 5.20. The summed E-state index contributed by atoms with van der Waals surface area (Å²) in [7, 11) is 1.64. The summed E-state index contributed by atoms with van der Waals surface area (Å²) in [6, 6.07) is 13.1. The molecule has 2 aliphatic heterocycles. The number of benzene rings is 2. The molecule has 0 radical (unpaired) electrons. The normalized spacial score (nSPS) is 21.7. The first-order chi connectivity index (χ1) is 12.8. The lowest BCUT2D eigenvalue weighted by Gasteiger charge is -2.29. The monoisotopic (exact) mass is 405 g/mol. The van der Waals surface area contributed by atoms with Gasteiger partial charge in [0.1, 0.15) is 11.9 Å². The zero-order valence-corrected chi connectivity index (χ0v) is 17.0. The molecular formula is C20H21Cl2N3O2. The fraction of sp³-hybridized carbons (Fsp3) is 0.350. The van der Waals surface area contributed by atoms with Gasteiger partial charge in [-0.1, -0.05) is 49.2 Å². The minimum Gasteiger partial charge on any atom is -0.497 e. The van der Waals surface area contributed by atoms with Gasteiger partial charge in [-0.2, -0.15) is 5.01 Å². The standard InChI is InChI=1S/C20H21Cl2N3O2/c1-20(2)11-23-18(13-4-7-15(27-3)8-5-13)25(19(26)24(23)12-20)14-6-9-16(21)17(22)10-14/h4-10,18H,11-12H2,1-3H3. The van der Waals surface area contributed by atoms with Crippen molar-refractivity contribution in [2.24, 2.45) is 5.41 Å². The lowest BCUT2D eigenvalue weighted by atomic mass is 9.94. The summed E-state index contributed by atoms with van der Waals surface area (Å²) < 4.78 is 5.28. The molecule has 2 fully saturated rings. The molecule has 2 aromatic carbocycles. The van der Waals surface area contributed by atoms with Crippen LogP contribution >= 0.6 is 23.2 Å². The van der Waals surface area contributed by atoms with Gasteiger partial charge in [-0.3, -0.25) is 9.91 Å². The number of carbonyl (C=O) groups excluding carboxylic acids is 1. The maximum Gasteiger partial charge on any atom is 0.340 e. The van der Waals surface area contributed by atoms with Gasteiger partial charge < -0.3 is 4.74 Å². The second-order valence-corrected chi connectivity index (χ2v) is 8.53. The van der Waals surface area contributed by atoms with Crippen molar-refractivity contribution >= 4 is 34.9 Å². The number of fused-ring (bicyclic) bond motifs is 1. The Bertz CT molecular complexity index is 885. The van der Waals surface area contributed by atoms with E-state index >= 15 is 0 Å². The van der Waals surface area contributed by atoms with E-state index in [4.69, 9.17) is 27.9 Å². The zero-order chi connectivity index (χ0) is 19.3. The number of methoxy groups -OCH3 is 1. The SMILES string of the molecule is COc1ccc(C2N(c3ccc(Cl)c(Cl)c3)C(=O)N3CC(C)(C)CN23)cc1. The van der Waals surface area contributed by atoms with Crippen molar-refractivity contribution in [1.82, 2.24) is 10.0 Å². The molecule has 0 aliphatic carbocycles. The molecule has 2 amide bonds. The molecule has 2 heterocycles. The fourth-order valence-corrected chi connectivity index (χ4v) is 4.10. The van der Waals surface area contributed by atoms with E-state index in [9.17, 15) is 4.79 Å². The Labute approximate surface area is 169 Å². The van der Waals surface area contributed by atoms with Gasteiger partial charge in [0, 0.05) is 18.8 Å². The number of hydrogen-bond donors (Lipinski definition) is 0. The molecule has 5 nitrogen and oxygen atoms in total. The Morgan fingerprint density at radius 1 is 1.04 bits per heavy atom. The first-order valence-corrected chi connectivity index (χ1v) is 9.53. The van der Waals surface area contributed by atoms with Crippen LogP contribution in [0.25, 0.3) is 0 Å². The van der Waals surface area contributed by atoms with Crippen LogP contribution in [0.15, 0.2) is 42.5 Å². The van der Waals surface area contributed by atoms with E-state index < -0.39 is 0 Å². The number of hydrazine groups is 1.